The molecule has 1 aliphatic heterocycles. The highest BCUT2D eigenvalue weighted by atomic mass is 19.1. The number of pyridine rings is 2. The number of hydrogen-bond donors (Lipinski definition) is 1. The number of H-pyrrole nitrogens is 1. The topological polar surface area (TPSA) is 81.5 Å². The average molecular weight is 406 g/mol. The van der Waals surface area contributed by atoms with Gasteiger partial charge in [-0.1, -0.05) is 6.92 Å². The fourth-order valence-corrected chi connectivity index (χ4v) is 4.34. The van der Waals surface area contributed by atoms with Gasteiger partial charge in [0.2, 0.25) is 0 Å². The molecule has 0 unspecified atom stereocenters. The molecule has 154 valence electrons. The lowest BCUT2D eigenvalue weighted by atomic mass is 9.79. The van der Waals surface area contributed by atoms with Crippen molar-refractivity contribution in [2.24, 2.45) is 5.41 Å². The molecule has 0 spiro atoms. The number of halogens is 1. The van der Waals surface area contributed by atoms with Crippen LogP contribution in [0, 0.1) is 11.2 Å². The van der Waals surface area contributed by atoms with Gasteiger partial charge in [0.05, 0.1) is 18.1 Å². The highest BCUT2D eigenvalue weighted by molar-refractivity contribution is 5.97. The van der Waals surface area contributed by atoms with E-state index in [1.165, 1.54) is 18.0 Å². The number of aromatic nitrogens is 6. The summed E-state index contributed by atoms with van der Waals surface area (Å²) in [7, 11) is 1.74. The highest BCUT2D eigenvalue weighted by Gasteiger charge is 2.34. The van der Waals surface area contributed by atoms with Gasteiger partial charge in [0, 0.05) is 43.1 Å². The molecule has 0 fully saturated rings. The van der Waals surface area contributed by atoms with Crippen molar-refractivity contribution in [3.63, 3.8) is 0 Å². The molecule has 0 bridgehead atoms. The predicted molar refractivity (Wildman–Crippen MR) is 111 cm³/mol. The van der Waals surface area contributed by atoms with Gasteiger partial charge in [-0.25, -0.2) is 9.37 Å². The maximum absolute atomic E-state index is 13.5. The van der Waals surface area contributed by atoms with E-state index in [0.717, 1.165) is 60.3 Å². The van der Waals surface area contributed by atoms with Crippen molar-refractivity contribution in [1.82, 2.24) is 29.9 Å². The summed E-state index contributed by atoms with van der Waals surface area (Å²) in [5, 5.41) is 13.0. The number of ether oxygens (including phenoxy) is 1. The van der Waals surface area contributed by atoms with Gasteiger partial charge < -0.3 is 4.74 Å². The molecule has 7 nitrogen and oxygen atoms in total. The number of nitrogens with zero attached hydrogens (tertiary/aromatic N) is 5. The van der Waals surface area contributed by atoms with Gasteiger partial charge in [-0.15, -0.1) is 0 Å². The molecule has 1 aliphatic rings. The molecular weight excluding hydrogens is 383 g/mol. The monoisotopic (exact) mass is 406 g/mol. The molecule has 1 atom stereocenters. The summed E-state index contributed by atoms with van der Waals surface area (Å²) in [5.74, 6) is -0.363. The Bertz CT molecular complexity index is 1200. The maximum Gasteiger partial charge on any atom is 0.155 e. The number of hydrogen-bond acceptors (Lipinski definition) is 5. The standard InChI is InChI=1S/C22H23FN6O/c1-22(8-10-30-2)7-5-18-19(15-6-9-24-21-16(15)12-26-27-21)20(28-29(18)13-22)17-4-3-14(23)11-25-17/h3-4,6,9,11-12H,5,7-8,10,13H2,1-2H3,(H,24,26,27)/t22-/m0/s1. The van der Waals surface area contributed by atoms with Crippen molar-refractivity contribution in [2.75, 3.05) is 13.7 Å². The maximum atomic E-state index is 13.5. The van der Waals surface area contributed by atoms with Crippen molar-refractivity contribution in [3.05, 3.63) is 48.3 Å². The van der Waals surface area contributed by atoms with Crippen LogP contribution in [-0.4, -0.2) is 43.7 Å². The fraction of sp³-hybridized carbons (Fsp3) is 0.364. The molecule has 4 aromatic heterocycles. The first kappa shape index (κ1) is 18.9. The molecule has 5 heterocycles. The molecular formula is C22H23FN6O. The summed E-state index contributed by atoms with van der Waals surface area (Å²) in [5.41, 5.74) is 5.46. The minimum absolute atomic E-state index is 0.114. The van der Waals surface area contributed by atoms with Crippen molar-refractivity contribution in [3.8, 4) is 22.5 Å². The molecule has 1 N–H and O–H groups in total. The Morgan fingerprint density at radius 1 is 1.23 bits per heavy atom. The molecule has 0 saturated heterocycles. The minimum Gasteiger partial charge on any atom is -0.385 e. The largest absolute Gasteiger partial charge is 0.385 e. The van der Waals surface area contributed by atoms with E-state index in [1.807, 2.05) is 6.07 Å². The smallest absolute Gasteiger partial charge is 0.155 e. The highest BCUT2D eigenvalue weighted by Crippen LogP contribution is 2.43. The van der Waals surface area contributed by atoms with Crippen LogP contribution in [0.2, 0.25) is 0 Å². The van der Waals surface area contributed by atoms with Crippen LogP contribution in [0.3, 0.4) is 0 Å². The number of nitrogens with one attached hydrogen (secondary N) is 1. The van der Waals surface area contributed by atoms with Crippen LogP contribution in [-0.2, 0) is 17.7 Å². The van der Waals surface area contributed by atoms with E-state index in [1.54, 1.807) is 25.6 Å². The summed E-state index contributed by atoms with van der Waals surface area (Å²) in [4.78, 5) is 8.69. The fourth-order valence-electron chi connectivity index (χ4n) is 4.34. The molecule has 5 rings (SSSR count). The molecule has 0 radical (unpaired) electrons. The van der Waals surface area contributed by atoms with E-state index < -0.39 is 0 Å². The van der Waals surface area contributed by atoms with Gasteiger partial charge in [0.1, 0.15) is 11.5 Å². The normalized spacial score (nSPS) is 18.6. The van der Waals surface area contributed by atoms with E-state index in [9.17, 15) is 4.39 Å². The van der Waals surface area contributed by atoms with E-state index in [2.05, 4.69) is 31.8 Å². The van der Waals surface area contributed by atoms with Crippen LogP contribution in [0.1, 0.15) is 25.5 Å². The SMILES string of the molecule is COCC[C@]1(C)CCc2c(-c3ccnc4[nH]ncc34)c(-c3ccc(F)cn3)nn2C1. The third kappa shape index (κ3) is 3.17. The van der Waals surface area contributed by atoms with Gasteiger partial charge in [-0.05, 0) is 48.4 Å². The Hall–Kier alpha value is -3.13. The lowest BCUT2D eigenvalue weighted by molar-refractivity contribution is 0.113. The summed E-state index contributed by atoms with van der Waals surface area (Å²) in [6.07, 6.45) is 7.71. The van der Waals surface area contributed by atoms with Crippen molar-refractivity contribution < 1.29 is 9.13 Å². The zero-order valence-electron chi connectivity index (χ0n) is 17.0. The quantitative estimate of drug-likeness (QED) is 0.542. The number of methoxy groups -OCH3 is 1. The Morgan fingerprint density at radius 2 is 2.13 bits per heavy atom. The van der Waals surface area contributed by atoms with Gasteiger partial charge in [0.25, 0.3) is 0 Å². The zero-order chi connectivity index (χ0) is 20.7. The minimum atomic E-state index is -0.363. The summed E-state index contributed by atoms with van der Waals surface area (Å²) >= 11 is 0. The van der Waals surface area contributed by atoms with Crippen LogP contribution in [0.5, 0.6) is 0 Å². The molecule has 0 amide bonds. The summed E-state index contributed by atoms with van der Waals surface area (Å²) in [6, 6.07) is 5.10. The van der Waals surface area contributed by atoms with Crippen molar-refractivity contribution >= 4 is 11.0 Å². The Labute approximate surface area is 173 Å². The van der Waals surface area contributed by atoms with Crippen molar-refractivity contribution in [1.29, 1.82) is 0 Å². The Morgan fingerprint density at radius 3 is 2.93 bits per heavy atom. The molecule has 8 heteroatoms. The van der Waals surface area contributed by atoms with Crippen LogP contribution >= 0.6 is 0 Å². The first-order valence-electron chi connectivity index (χ1n) is 10.1. The van der Waals surface area contributed by atoms with Gasteiger partial charge in [-0.2, -0.15) is 10.2 Å². The third-order valence-corrected chi connectivity index (χ3v) is 6.06. The summed E-state index contributed by atoms with van der Waals surface area (Å²) in [6.45, 7) is 3.82. The van der Waals surface area contributed by atoms with Gasteiger partial charge in [-0.3, -0.25) is 14.8 Å². The molecule has 0 aromatic carbocycles. The number of rotatable bonds is 5. The molecule has 4 aromatic rings. The van der Waals surface area contributed by atoms with E-state index >= 15 is 0 Å². The second kappa shape index (κ2) is 7.28. The lowest BCUT2D eigenvalue weighted by Crippen LogP contribution is -2.31. The predicted octanol–water partition coefficient (Wildman–Crippen LogP) is 4.01. The van der Waals surface area contributed by atoms with Crippen LogP contribution in [0.25, 0.3) is 33.5 Å². The van der Waals surface area contributed by atoms with Crippen LogP contribution < -0.4 is 0 Å². The summed E-state index contributed by atoms with van der Waals surface area (Å²) < 4.78 is 20.9. The molecule has 0 aliphatic carbocycles. The van der Waals surface area contributed by atoms with Gasteiger partial charge in [0.15, 0.2) is 5.65 Å². The van der Waals surface area contributed by atoms with E-state index in [-0.39, 0.29) is 11.2 Å². The second-order valence-electron chi connectivity index (χ2n) is 8.23. The van der Waals surface area contributed by atoms with E-state index in [0.29, 0.717) is 5.69 Å². The number of fused-ring (bicyclic) bond motifs is 2. The van der Waals surface area contributed by atoms with Gasteiger partial charge >= 0.3 is 0 Å². The molecule has 30 heavy (non-hydrogen) atoms. The average Bonchev–Trinajstić information content (AvgIpc) is 3.37. The number of aromatic amines is 1. The van der Waals surface area contributed by atoms with Crippen molar-refractivity contribution in [2.45, 2.75) is 32.7 Å². The van der Waals surface area contributed by atoms with Crippen LogP contribution in [0.4, 0.5) is 4.39 Å². The third-order valence-electron chi connectivity index (χ3n) is 6.06. The first-order valence-corrected chi connectivity index (χ1v) is 10.1. The van der Waals surface area contributed by atoms with Crippen LogP contribution in [0.15, 0.2) is 36.8 Å². The Kier molecular flexibility index (Phi) is 4.58. The molecule has 0 saturated carbocycles. The van der Waals surface area contributed by atoms with E-state index in [4.69, 9.17) is 9.84 Å². The first-order chi connectivity index (χ1) is 14.6. The lowest BCUT2D eigenvalue weighted by Gasteiger charge is -2.34. The Balaban J connectivity index is 1.69. The second-order valence-corrected chi connectivity index (χ2v) is 8.23. The zero-order valence-corrected chi connectivity index (χ0v) is 17.0.